The molecule has 1 aromatic heterocycles. The number of hydrogen-bond acceptors (Lipinski definition) is 5. The molecule has 0 amide bonds. The molecule has 0 spiro atoms. The molecule has 0 saturated heterocycles. The second-order valence-electron chi connectivity index (χ2n) is 6.73. The number of halogens is 5. The Labute approximate surface area is 168 Å². The van der Waals surface area contributed by atoms with Gasteiger partial charge in [0.25, 0.3) is 0 Å². The van der Waals surface area contributed by atoms with Gasteiger partial charge in [0.2, 0.25) is 0 Å². The van der Waals surface area contributed by atoms with Gasteiger partial charge >= 0.3 is 6.55 Å². The first-order valence-corrected chi connectivity index (χ1v) is 8.90. The number of carbonyl (C=O) groups is 1. The van der Waals surface area contributed by atoms with Crippen LogP contribution in [-0.2, 0) is 16.7 Å². The molecule has 29 heavy (non-hydrogen) atoms. The lowest BCUT2D eigenvalue weighted by molar-refractivity contribution is 0.0560. The van der Waals surface area contributed by atoms with Gasteiger partial charge in [0.05, 0.1) is 17.8 Å². The van der Waals surface area contributed by atoms with Crippen molar-refractivity contribution in [1.82, 2.24) is 9.78 Å². The molecule has 2 atom stereocenters. The molecule has 2 heterocycles. The molecule has 3 rings (SSSR count). The number of carbonyl (C=O) groups excluding carboxylic acids is 1. The van der Waals surface area contributed by atoms with Crippen molar-refractivity contribution in [1.29, 1.82) is 0 Å². The third-order valence-corrected chi connectivity index (χ3v) is 4.87. The zero-order valence-electron chi connectivity index (χ0n) is 15.2. The van der Waals surface area contributed by atoms with E-state index in [9.17, 15) is 22.4 Å². The van der Waals surface area contributed by atoms with Crippen molar-refractivity contribution < 1.29 is 27.1 Å². The standard InChI is InChI=1S/C18H17ClF4N4O2/c1-18(14(21)7-29-8-15(24)25-18)10-4-9(2-3-12(10)20)5-13(28)16-11(19)6-27(26-16)17(22)23/h2-4,6,14,17H,5,7-8H2,1H3,(H2,24,25)/t14-,18+/m0/s1. The highest BCUT2D eigenvalue weighted by Gasteiger charge is 2.40. The zero-order chi connectivity index (χ0) is 21.3. The molecule has 0 fully saturated rings. The van der Waals surface area contributed by atoms with Crippen molar-refractivity contribution in [2.75, 3.05) is 13.2 Å². The number of alkyl halides is 3. The van der Waals surface area contributed by atoms with Crippen molar-refractivity contribution in [2.45, 2.75) is 31.6 Å². The summed E-state index contributed by atoms with van der Waals surface area (Å²) in [4.78, 5) is 16.5. The van der Waals surface area contributed by atoms with Gasteiger partial charge < -0.3 is 10.5 Å². The van der Waals surface area contributed by atoms with E-state index in [0.717, 1.165) is 12.3 Å². The molecule has 11 heteroatoms. The van der Waals surface area contributed by atoms with E-state index >= 15 is 0 Å². The summed E-state index contributed by atoms with van der Waals surface area (Å²) in [7, 11) is 0. The molecule has 0 saturated carbocycles. The quantitative estimate of drug-likeness (QED) is 0.579. The summed E-state index contributed by atoms with van der Waals surface area (Å²) in [6, 6.07) is 3.69. The first-order chi connectivity index (χ1) is 13.6. The monoisotopic (exact) mass is 432 g/mol. The normalized spacial score (nSPS) is 22.4. The predicted molar refractivity (Wildman–Crippen MR) is 97.6 cm³/mol. The molecule has 2 aromatic rings. The minimum absolute atomic E-state index is 0.0119. The number of nitrogens with zero attached hydrogens (tertiary/aromatic N) is 3. The van der Waals surface area contributed by atoms with Gasteiger partial charge in [-0.1, -0.05) is 17.7 Å². The molecule has 6 nitrogen and oxygen atoms in total. The molecule has 1 aliphatic heterocycles. The molecule has 0 unspecified atom stereocenters. The maximum Gasteiger partial charge on any atom is 0.333 e. The van der Waals surface area contributed by atoms with Crippen LogP contribution < -0.4 is 5.73 Å². The molecule has 0 aliphatic carbocycles. The van der Waals surface area contributed by atoms with Crippen molar-refractivity contribution in [3.05, 3.63) is 52.1 Å². The van der Waals surface area contributed by atoms with E-state index in [-0.39, 0.29) is 46.4 Å². The van der Waals surface area contributed by atoms with E-state index in [1.54, 1.807) is 0 Å². The van der Waals surface area contributed by atoms with Crippen LogP contribution in [0, 0.1) is 5.82 Å². The van der Waals surface area contributed by atoms with E-state index in [2.05, 4.69) is 10.1 Å². The fourth-order valence-electron chi connectivity index (χ4n) is 3.06. The molecular weight excluding hydrogens is 416 g/mol. The van der Waals surface area contributed by atoms with Crippen LogP contribution in [0.5, 0.6) is 0 Å². The van der Waals surface area contributed by atoms with Crippen molar-refractivity contribution >= 4 is 23.2 Å². The molecular formula is C18H17ClF4N4O2. The van der Waals surface area contributed by atoms with E-state index in [1.807, 2.05) is 0 Å². The Morgan fingerprint density at radius 2 is 2.21 bits per heavy atom. The SMILES string of the molecule is C[C@]1(c2cc(CC(=O)c3nn(C(F)F)cc3Cl)ccc2F)N=C(N)COC[C@@H]1F. The highest BCUT2D eigenvalue weighted by molar-refractivity contribution is 6.33. The third kappa shape index (κ3) is 4.27. The average molecular weight is 433 g/mol. The maximum atomic E-state index is 14.7. The van der Waals surface area contributed by atoms with Gasteiger partial charge in [-0.15, -0.1) is 0 Å². The fourth-order valence-corrected chi connectivity index (χ4v) is 3.30. The Kier molecular flexibility index (Phi) is 5.95. The first kappa shape index (κ1) is 21.3. The second kappa shape index (κ2) is 8.11. The Bertz CT molecular complexity index is 965. The summed E-state index contributed by atoms with van der Waals surface area (Å²) in [6.45, 7) is -1.98. The summed E-state index contributed by atoms with van der Waals surface area (Å²) < 4.78 is 60.0. The molecule has 2 N–H and O–H groups in total. The smallest absolute Gasteiger partial charge is 0.333 e. The number of hydrogen-bond donors (Lipinski definition) is 1. The number of ether oxygens (including phenoxy) is 1. The molecule has 0 radical (unpaired) electrons. The number of aromatic nitrogens is 2. The summed E-state index contributed by atoms with van der Waals surface area (Å²) >= 11 is 5.81. The minimum atomic E-state index is -2.95. The van der Waals surface area contributed by atoms with E-state index in [4.69, 9.17) is 22.1 Å². The number of ketones is 1. The number of benzene rings is 1. The largest absolute Gasteiger partial charge is 0.386 e. The molecule has 0 bridgehead atoms. The van der Waals surface area contributed by atoms with Crippen LogP contribution in [0.4, 0.5) is 17.6 Å². The summed E-state index contributed by atoms with van der Waals surface area (Å²) in [5, 5.41) is 3.25. The molecule has 1 aromatic carbocycles. The van der Waals surface area contributed by atoms with E-state index in [1.165, 1.54) is 19.1 Å². The van der Waals surface area contributed by atoms with E-state index < -0.39 is 29.9 Å². The Hall–Kier alpha value is -2.46. The number of nitrogens with two attached hydrogens (primary N) is 1. The number of rotatable bonds is 5. The lowest BCUT2D eigenvalue weighted by Gasteiger charge is -2.28. The zero-order valence-corrected chi connectivity index (χ0v) is 16.0. The van der Waals surface area contributed by atoms with Crippen LogP contribution in [0.2, 0.25) is 5.02 Å². The Balaban J connectivity index is 1.93. The lowest BCUT2D eigenvalue weighted by atomic mass is 9.86. The minimum Gasteiger partial charge on any atom is -0.386 e. The molecule has 156 valence electrons. The van der Waals surface area contributed by atoms with Gasteiger partial charge in [-0.3, -0.25) is 9.79 Å². The van der Waals surface area contributed by atoms with Crippen molar-refractivity contribution in [3.8, 4) is 0 Å². The highest BCUT2D eigenvalue weighted by atomic mass is 35.5. The van der Waals surface area contributed by atoms with Crippen LogP contribution in [0.15, 0.2) is 29.4 Å². The summed E-state index contributed by atoms with van der Waals surface area (Å²) in [6.07, 6.45) is -1.15. The predicted octanol–water partition coefficient (Wildman–Crippen LogP) is 3.44. The first-order valence-electron chi connectivity index (χ1n) is 8.52. The summed E-state index contributed by atoms with van der Waals surface area (Å²) in [5.41, 5.74) is 3.91. The van der Waals surface area contributed by atoms with Gasteiger partial charge in [0.1, 0.15) is 29.5 Å². The van der Waals surface area contributed by atoms with Gasteiger partial charge in [-0.25, -0.2) is 13.5 Å². The number of amidine groups is 1. The molecule has 1 aliphatic rings. The topological polar surface area (TPSA) is 82.5 Å². The van der Waals surface area contributed by atoms with Crippen molar-refractivity contribution in [2.24, 2.45) is 10.7 Å². The van der Waals surface area contributed by atoms with Crippen LogP contribution >= 0.6 is 11.6 Å². The number of aliphatic imine (C=N–C) groups is 1. The summed E-state index contributed by atoms with van der Waals surface area (Å²) in [5.74, 6) is -1.37. The fraction of sp³-hybridized carbons (Fsp3) is 0.389. The van der Waals surface area contributed by atoms with Crippen LogP contribution in [0.1, 0.15) is 35.1 Å². The van der Waals surface area contributed by atoms with Crippen LogP contribution in [-0.4, -0.2) is 40.8 Å². The van der Waals surface area contributed by atoms with Crippen LogP contribution in [0.25, 0.3) is 0 Å². The highest BCUT2D eigenvalue weighted by Crippen LogP contribution is 2.35. The Morgan fingerprint density at radius 1 is 1.48 bits per heavy atom. The van der Waals surface area contributed by atoms with Crippen LogP contribution in [0.3, 0.4) is 0 Å². The van der Waals surface area contributed by atoms with Gasteiger partial charge in [0, 0.05) is 12.0 Å². The number of Topliss-reactive ketones (excluding diaryl/α,β-unsaturated/α-hetero) is 1. The van der Waals surface area contributed by atoms with Gasteiger partial charge in [0.15, 0.2) is 12.0 Å². The second-order valence-corrected chi connectivity index (χ2v) is 7.14. The van der Waals surface area contributed by atoms with Gasteiger partial charge in [-0.2, -0.15) is 13.9 Å². The Morgan fingerprint density at radius 3 is 2.86 bits per heavy atom. The van der Waals surface area contributed by atoms with Crippen molar-refractivity contribution in [3.63, 3.8) is 0 Å². The maximum absolute atomic E-state index is 14.7. The lowest BCUT2D eigenvalue weighted by Crippen LogP contribution is -2.36. The van der Waals surface area contributed by atoms with Gasteiger partial charge in [-0.05, 0) is 24.6 Å². The third-order valence-electron chi connectivity index (χ3n) is 4.59. The average Bonchev–Trinajstić information content (AvgIpc) is 2.99. The van der Waals surface area contributed by atoms with E-state index in [0.29, 0.717) is 5.56 Å².